The Kier molecular flexibility index (Phi) is 3.15. The Morgan fingerprint density at radius 2 is 2.19 bits per heavy atom. The zero-order chi connectivity index (χ0) is 11.5. The standard InChI is InChI=1S/C13H18N2O/c1-10(14-2)9-15-7-6-11-8-12(16-3)4-5-13(11)15/h4-8,10,14H,9H2,1-3H3/t10-/m1/s1. The van der Waals surface area contributed by atoms with Crippen molar-refractivity contribution < 1.29 is 4.74 Å². The predicted octanol–water partition coefficient (Wildman–Crippen LogP) is 2.26. The van der Waals surface area contributed by atoms with Gasteiger partial charge in [0, 0.05) is 29.7 Å². The molecule has 0 spiro atoms. The summed E-state index contributed by atoms with van der Waals surface area (Å²) >= 11 is 0. The molecule has 0 amide bonds. The van der Waals surface area contributed by atoms with Gasteiger partial charge >= 0.3 is 0 Å². The second-order valence-corrected chi connectivity index (χ2v) is 4.08. The molecule has 0 aliphatic rings. The van der Waals surface area contributed by atoms with E-state index in [2.05, 4.69) is 41.2 Å². The van der Waals surface area contributed by atoms with Crippen LogP contribution in [0.25, 0.3) is 10.9 Å². The summed E-state index contributed by atoms with van der Waals surface area (Å²) in [5.74, 6) is 0.909. The van der Waals surface area contributed by atoms with Gasteiger partial charge in [0.1, 0.15) is 5.75 Å². The van der Waals surface area contributed by atoms with Crippen LogP contribution in [0.5, 0.6) is 5.75 Å². The van der Waals surface area contributed by atoms with Crippen LogP contribution in [0.15, 0.2) is 30.5 Å². The van der Waals surface area contributed by atoms with Crippen molar-refractivity contribution in [3.63, 3.8) is 0 Å². The van der Waals surface area contributed by atoms with Gasteiger partial charge in [-0.1, -0.05) is 0 Å². The largest absolute Gasteiger partial charge is 0.497 e. The summed E-state index contributed by atoms with van der Waals surface area (Å²) in [5, 5.41) is 4.47. The van der Waals surface area contributed by atoms with E-state index < -0.39 is 0 Å². The highest BCUT2D eigenvalue weighted by Gasteiger charge is 2.05. The van der Waals surface area contributed by atoms with Crippen LogP contribution in [0.1, 0.15) is 6.92 Å². The van der Waals surface area contributed by atoms with Gasteiger partial charge in [0.05, 0.1) is 7.11 Å². The highest BCUT2D eigenvalue weighted by atomic mass is 16.5. The lowest BCUT2D eigenvalue weighted by Gasteiger charge is -2.12. The molecule has 3 heteroatoms. The number of likely N-dealkylation sites (N-methyl/N-ethyl adjacent to an activating group) is 1. The van der Waals surface area contributed by atoms with E-state index in [4.69, 9.17) is 4.74 Å². The first-order chi connectivity index (χ1) is 7.74. The maximum Gasteiger partial charge on any atom is 0.119 e. The normalized spacial score (nSPS) is 12.9. The molecule has 0 bridgehead atoms. The SMILES string of the molecule is CN[C@H](C)Cn1ccc2cc(OC)ccc21. The van der Waals surface area contributed by atoms with Gasteiger partial charge < -0.3 is 14.6 Å². The van der Waals surface area contributed by atoms with E-state index in [0.717, 1.165) is 12.3 Å². The Labute approximate surface area is 96.0 Å². The average Bonchev–Trinajstić information content (AvgIpc) is 2.71. The number of hydrogen-bond donors (Lipinski definition) is 1. The van der Waals surface area contributed by atoms with Crippen molar-refractivity contribution in [1.82, 2.24) is 9.88 Å². The third kappa shape index (κ3) is 2.04. The minimum absolute atomic E-state index is 0.470. The van der Waals surface area contributed by atoms with Crippen LogP contribution in [-0.4, -0.2) is 24.8 Å². The molecule has 1 aromatic heterocycles. The Hall–Kier alpha value is -1.48. The van der Waals surface area contributed by atoms with Crippen LogP contribution in [-0.2, 0) is 6.54 Å². The maximum atomic E-state index is 5.21. The average molecular weight is 218 g/mol. The molecule has 0 saturated carbocycles. The van der Waals surface area contributed by atoms with Crippen molar-refractivity contribution in [2.24, 2.45) is 0 Å². The molecule has 0 unspecified atom stereocenters. The summed E-state index contributed by atoms with van der Waals surface area (Å²) in [6.07, 6.45) is 2.12. The van der Waals surface area contributed by atoms with Gasteiger partial charge in [0.2, 0.25) is 0 Å². The smallest absolute Gasteiger partial charge is 0.119 e. The van der Waals surface area contributed by atoms with E-state index in [1.54, 1.807) is 7.11 Å². The van der Waals surface area contributed by atoms with Gasteiger partial charge in [-0.3, -0.25) is 0 Å². The van der Waals surface area contributed by atoms with Crippen LogP contribution in [0.3, 0.4) is 0 Å². The van der Waals surface area contributed by atoms with Gasteiger partial charge in [-0.25, -0.2) is 0 Å². The fraction of sp³-hybridized carbons (Fsp3) is 0.385. The monoisotopic (exact) mass is 218 g/mol. The summed E-state index contributed by atoms with van der Waals surface area (Å²) in [4.78, 5) is 0. The van der Waals surface area contributed by atoms with E-state index >= 15 is 0 Å². The number of methoxy groups -OCH3 is 1. The Bertz CT molecular complexity index is 476. The van der Waals surface area contributed by atoms with E-state index in [0.29, 0.717) is 6.04 Å². The molecular weight excluding hydrogens is 200 g/mol. The number of nitrogens with one attached hydrogen (secondary N) is 1. The molecular formula is C13H18N2O. The van der Waals surface area contributed by atoms with Crippen molar-refractivity contribution >= 4 is 10.9 Å². The molecule has 16 heavy (non-hydrogen) atoms. The predicted molar refractivity (Wildman–Crippen MR) is 67.0 cm³/mol. The number of nitrogens with zero attached hydrogens (tertiary/aromatic N) is 1. The maximum absolute atomic E-state index is 5.21. The van der Waals surface area contributed by atoms with E-state index in [1.165, 1.54) is 10.9 Å². The lowest BCUT2D eigenvalue weighted by Crippen LogP contribution is -2.26. The minimum atomic E-state index is 0.470. The summed E-state index contributed by atoms with van der Waals surface area (Å²) in [5.41, 5.74) is 1.25. The van der Waals surface area contributed by atoms with Crippen molar-refractivity contribution in [2.75, 3.05) is 14.2 Å². The van der Waals surface area contributed by atoms with Gasteiger partial charge in [-0.05, 0) is 38.2 Å². The minimum Gasteiger partial charge on any atom is -0.497 e. The Morgan fingerprint density at radius 1 is 1.38 bits per heavy atom. The second kappa shape index (κ2) is 4.58. The molecule has 1 aromatic carbocycles. The van der Waals surface area contributed by atoms with Gasteiger partial charge in [0.15, 0.2) is 0 Å². The van der Waals surface area contributed by atoms with E-state index in [9.17, 15) is 0 Å². The molecule has 3 nitrogen and oxygen atoms in total. The second-order valence-electron chi connectivity index (χ2n) is 4.08. The number of hydrogen-bond acceptors (Lipinski definition) is 2. The molecule has 0 radical (unpaired) electrons. The van der Waals surface area contributed by atoms with Crippen molar-refractivity contribution in [2.45, 2.75) is 19.5 Å². The zero-order valence-corrected chi connectivity index (χ0v) is 10.0. The van der Waals surface area contributed by atoms with Gasteiger partial charge in [0.25, 0.3) is 0 Å². The molecule has 0 saturated heterocycles. The summed E-state index contributed by atoms with van der Waals surface area (Å²) in [6, 6.07) is 8.77. The van der Waals surface area contributed by atoms with Crippen LogP contribution in [0.2, 0.25) is 0 Å². The van der Waals surface area contributed by atoms with Crippen molar-refractivity contribution in [3.05, 3.63) is 30.5 Å². The molecule has 0 aliphatic carbocycles. The quantitative estimate of drug-likeness (QED) is 0.852. The molecule has 2 aromatic rings. The Morgan fingerprint density at radius 3 is 2.88 bits per heavy atom. The number of aromatic nitrogens is 1. The zero-order valence-electron chi connectivity index (χ0n) is 10.0. The number of benzene rings is 1. The summed E-state index contributed by atoms with van der Waals surface area (Å²) in [6.45, 7) is 3.15. The fourth-order valence-corrected chi connectivity index (χ4v) is 1.85. The topological polar surface area (TPSA) is 26.2 Å². The van der Waals surface area contributed by atoms with Gasteiger partial charge in [-0.2, -0.15) is 0 Å². The third-order valence-corrected chi connectivity index (χ3v) is 2.94. The van der Waals surface area contributed by atoms with Crippen LogP contribution in [0, 0.1) is 0 Å². The number of fused-ring (bicyclic) bond motifs is 1. The number of rotatable bonds is 4. The highest BCUT2D eigenvalue weighted by molar-refractivity contribution is 5.81. The molecule has 0 fully saturated rings. The third-order valence-electron chi connectivity index (χ3n) is 2.94. The van der Waals surface area contributed by atoms with E-state index in [1.807, 2.05) is 13.1 Å². The molecule has 86 valence electrons. The fourth-order valence-electron chi connectivity index (χ4n) is 1.85. The molecule has 0 aliphatic heterocycles. The lowest BCUT2D eigenvalue weighted by atomic mass is 10.2. The van der Waals surface area contributed by atoms with E-state index in [-0.39, 0.29) is 0 Å². The van der Waals surface area contributed by atoms with Crippen molar-refractivity contribution in [1.29, 1.82) is 0 Å². The van der Waals surface area contributed by atoms with Crippen molar-refractivity contribution in [3.8, 4) is 5.75 Å². The van der Waals surface area contributed by atoms with Crippen LogP contribution in [0.4, 0.5) is 0 Å². The molecule has 1 atom stereocenters. The number of ether oxygens (including phenoxy) is 1. The first-order valence-corrected chi connectivity index (χ1v) is 5.54. The summed E-state index contributed by atoms with van der Waals surface area (Å²) in [7, 11) is 3.68. The van der Waals surface area contributed by atoms with Crippen LogP contribution < -0.4 is 10.1 Å². The molecule has 2 rings (SSSR count). The highest BCUT2D eigenvalue weighted by Crippen LogP contribution is 2.21. The Balaban J connectivity index is 2.34. The lowest BCUT2D eigenvalue weighted by molar-refractivity contribution is 0.415. The first kappa shape index (κ1) is 11.0. The molecule has 1 N–H and O–H groups in total. The summed E-state index contributed by atoms with van der Waals surface area (Å²) < 4.78 is 7.47. The van der Waals surface area contributed by atoms with Gasteiger partial charge in [-0.15, -0.1) is 0 Å². The first-order valence-electron chi connectivity index (χ1n) is 5.54. The molecule has 1 heterocycles. The van der Waals surface area contributed by atoms with Crippen LogP contribution >= 0.6 is 0 Å².